The van der Waals surface area contributed by atoms with Crippen molar-refractivity contribution in [2.45, 2.75) is 10.2 Å². The quantitative estimate of drug-likeness (QED) is 0.235. The van der Waals surface area contributed by atoms with Crippen LogP contribution in [0, 0.1) is 15.4 Å². The number of carbonyl (C=O) groups excluding carboxylic acids is 2. The van der Waals surface area contributed by atoms with Crippen LogP contribution in [-0.4, -0.2) is 11.8 Å². The topological polar surface area (TPSA) is 37.4 Å². The van der Waals surface area contributed by atoms with Crippen LogP contribution in [0.1, 0.15) is 28.2 Å². The number of hydrogen-bond donors (Lipinski definition) is 0. The van der Waals surface area contributed by atoms with Crippen LogP contribution in [0.2, 0.25) is 0 Å². The molecule has 2 amide bonds. The normalized spacial score (nSPS) is 28.9. The van der Waals surface area contributed by atoms with Gasteiger partial charge in [-0.2, -0.15) is 0 Å². The zero-order valence-electron chi connectivity index (χ0n) is 15.2. The Morgan fingerprint density at radius 3 is 2.07 bits per heavy atom. The van der Waals surface area contributed by atoms with Crippen LogP contribution < -0.4 is 4.90 Å². The first-order chi connectivity index (χ1) is 14.0. The molecule has 7 rings (SSSR count). The van der Waals surface area contributed by atoms with Gasteiger partial charge in [0, 0.05) is 9.49 Å². The van der Waals surface area contributed by atoms with Gasteiger partial charge in [-0.3, -0.25) is 9.59 Å². The molecule has 1 heterocycles. The Morgan fingerprint density at radius 2 is 1.45 bits per heavy atom. The van der Waals surface area contributed by atoms with Gasteiger partial charge < -0.3 is 0 Å². The SMILES string of the molecule is O=C1[C@H]2C3c4ccccc4C(Br)(c4ccccc43)[C@H]2C(=O)N1c1cccc(I)c1. The molecule has 0 radical (unpaired) electrons. The average molecular weight is 556 g/mol. The van der Waals surface area contributed by atoms with Crippen molar-refractivity contribution in [3.63, 3.8) is 0 Å². The first-order valence-electron chi connectivity index (χ1n) is 9.54. The fourth-order valence-electron chi connectivity index (χ4n) is 5.55. The monoisotopic (exact) mass is 555 g/mol. The molecular weight excluding hydrogens is 541 g/mol. The van der Waals surface area contributed by atoms with Crippen molar-refractivity contribution in [1.29, 1.82) is 0 Å². The minimum Gasteiger partial charge on any atom is -0.274 e. The fraction of sp³-hybridized carbons (Fsp3) is 0.167. The molecule has 0 saturated carbocycles. The number of rotatable bonds is 1. The third-order valence-electron chi connectivity index (χ3n) is 6.58. The van der Waals surface area contributed by atoms with Crippen LogP contribution >= 0.6 is 38.5 Å². The summed E-state index contributed by atoms with van der Waals surface area (Å²) >= 11 is 6.23. The number of hydrogen-bond acceptors (Lipinski definition) is 2. The molecule has 4 aliphatic rings. The molecule has 1 fully saturated rings. The van der Waals surface area contributed by atoms with E-state index < -0.39 is 16.2 Å². The van der Waals surface area contributed by atoms with Crippen molar-refractivity contribution in [3.8, 4) is 0 Å². The third-order valence-corrected chi connectivity index (χ3v) is 8.60. The molecule has 0 unspecified atom stereocenters. The molecule has 0 aromatic heterocycles. The van der Waals surface area contributed by atoms with E-state index in [4.69, 9.17) is 0 Å². The highest BCUT2D eigenvalue weighted by atomic mass is 127. The molecule has 3 aliphatic carbocycles. The molecule has 0 spiro atoms. The van der Waals surface area contributed by atoms with Gasteiger partial charge in [-0.15, -0.1) is 0 Å². The highest BCUT2D eigenvalue weighted by Gasteiger charge is 2.67. The van der Waals surface area contributed by atoms with Crippen molar-refractivity contribution in [2.24, 2.45) is 11.8 Å². The number of alkyl halides is 1. The molecule has 3 aromatic carbocycles. The van der Waals surface area contributed by atoms with Gasteiger partial charge in [0.05, 0.1) is 21.8 Å². The molecule has 142 valence electrons. The predicted octanol–water partition coefficient (Wildman–Crippen LogP) is 5.19. The van der Waals surface area contributed by atoms with Crippen LogP contribution in [-0.2, 0) is 13.9 Å². The Morgan fingerprint density at radius 1 is 0.828 bits per heavy atom. The Balaban J connectivity index is 1.63. The van der Waals surface area contributed by atoms with Crippen LogP contribution in [0.15, 0.2) is 72.8 Å². The maximum Gasteiger partial charge on any atom is 0.239 e. The van der Waals surface area contributed by atoms with E-state index in [1.54, 1.807) is 0 Å². The Kier molecular flexibility index (Phi) is 3.70. The van der Waals surface area contributed by atoms with E-state index in [0.29, 0.717) is 5.69 Å². The fourth-order valence-corrected chi connectivity index (χ4v) is 7.28. The third kappa shape index (κ3) is 2.12. The number of amides is 2. The van der Waals surface area contributed by atoms with Gasteiger partial charge in [0.2, 0.25) is 11.8 Å². The second kappa shape index (κ2) is 6.01. The van der Waals surface area contributed by atoms with E-state index in [2.05, 4.69) is 62.8 Å². The van der Waals surface area contributed by atoms with Crippen LogP contribution in [0.25, 0.3) is 0 Å². The minimum atomic E-state index is -0.691. The van der Waals surface area contributed by atoms with E-state index in [1.165, 1.54) is 4.90 Å². The second-order valence-corrected chi connectivity index (χ2v) is 10.4. The van der Waals surface area contributed by atoms with E-state index in [9.17, 15) is 9.59 Å². The summed E-state index contributed by atoms with van der Waals surface area (Å²) in [5.41, 5.74) is 5.17. The second-order valence-electron chi connectivity index (χ2n) is 7.86. The number of halogens is 2. The van der Waals surface area contributed by atoms with Crippen LogP contribution in [0.4, 0.5) is 5.69 Å². The number of imide groups is 1. The van der Waals surface area contributed by atoms with Gasteiger partial charge in [-0.25, -0.2) is 4.90 Å². The molecule has 3 nitrogen and oxygen atoms in total. The number of anilines is 1. The smallest absolute Gasteiger partial charge is 0.239 e. The molecule has 0 N–H and O–H groups in total. The molecule has 3 aromatic rings. The lowest BCUT2D eigenvalue weighted by Gasteiger charge is -2.51. The Hall–Kier alpha value is -1.99. The number of benzene rings is 3. The highest BCUT2D eigenvalue weighted by molar-refractivity contribution is 14.1. The first-order valence-corrected chi connectivity index (χ1v) is 11.4. The maximum atomic E-state index is 13.7. The van der Waals surface area contributed by atoms with E-state index in [-0.39, 0.29) is 17.7 Å². The molecule has 1 saturated heterocycles. The van der Waals surface area contributed by atoms with Crippen LogP contribution in [0.3, 0.4) is 0 Å². The standard InChI is InChI=1S/C24H15BrINO2/c25-24-17-10-3-1-8-15(17)19(16-9-2-4-11-18(16)24)20-21(24)23(29)27(22(20)28)14-7-5-6-13(26)12-14/h1-12,19-21H/t19?,20-,21+,24?/m0/s1. The van der Waals surface area contributed by atoms with Gasteiger partial charge >= 0.3 is 0 Å². The van der Waals surface area contributed by atoms with Gasteiger partial charge in [0.25, 0.3) is 0 Å². The summed E-state index contributed by atoms with van der Waals surface area (Å²) in [6.45, 7) is 0. The molecule has 5 heteroatoms. The number of nitrogens with zero attached hydrogens (tertiary/aromatic N) is 1. The lowest BCUT2D eigenvalue weighted by molar-refractivity contribution is -0.122. The van der Waals surface area contributed by atoms with Crippen molar-refractivity contribution < 1.29 is 9.59 Å². The lowest BCUT2D eigenvalue weighted by atomic mass is 9.55. The summed E-state index contributed by atoms with van der Waals surface area (Å²) in [5.74, 6) is -1.17. The average Bonchev–Trinajstić information content (AvgIpc) is 3.00. The lowest BCUT2D eigenvalue weighted by Crippen LogP contribution is -2.50. The summed E-state index contributed by atoms with van der Waals surface area (Å²) in [6.07, 6.45) is 0. The van der Waals surface area contributed by atoms with Gasteiger partial charge in [-0.05, 0) is 63.0 Å². The van der Waals surface area contributed by atoms with E-state index in [0.717, 1.165) is 25.8 Å². The molecule has 29 heavy (non-hydrogen) atoms. The summed E-state index contributed by atoms with van der Waals surface area (Å²) in [6, 6.07) is 24.1. The van der Waals surface area contributed by atoms with Crippen molar-refractivity contribution >= 4 is 56.0 Å². The minimum absolute atomic E-state index is 0.0974. The molecular formula is C24H15BrINO2. The van der Waals surface area contributed by atoms with Gasteiger partial charge in [0.15, 0.2) is 0 Å². The maximum absolute atomic E-state index is 13.7. The summed E-state index contributed by atoms with van der Waals surface area (Å²) in [7, 11) is 0. The molecule has 1 aliphatic heterocycles. The molecule has 2 atom stereocenters. The largest absolute Gasteiger partial charge is 0.274 e. The summed E-state index contributed by atoms with van der Waals surface area (Å²) in [5, 5.41) is 0. The van der Waals surface area contributed by atoms with Gasteiger partial charge in [-0.1, -0.05) is 70.5 Å². The summed E-state index contributed by atoms with van der Waals surface area (Å²) < 4.78 is 0.307. The van der Waals surface area contributed by atoms with E-state index >= 15 is 0 Å². The predicted molar refractivity (Wildman–Crippen MR) is 123 cm³/mol. The van der Waals surface area contributed by atoms with Crippen molar-refractivity contribution in [2.75, 3.05) is 4.90 Å². The molecule has 2 bridgehead atoms. The van der Waals surface area contributed by atoms with Crippen LogP contribution in [0.5, 0.6) is 0 Å². The van der Waals surface area contributed by atoms with E-state index in [1.807, 2.05) is 48.5 Å². The zero-order valence-corrected chi connectivity index (χ0v) is 18.9. The zero-order chi connectivity index (χ0) is 19.9. The van der Waals surface area contributed by atoms with Crippen molar-refractivity contribution in [1.82, 2.24) is 0 Å². The van der Waals surface area contributed by atoms with Gasteiger partial charge in [0.1, 0.15) is 0 Å². The number of carbonyl (C=O) groups is 2. The van der Waals surface area contributed by atoms with Crippen molar-refractivity contribution in [3.05, 3.63) is 98.6 Å². The Labute approximate surface area is 190 Å². The Bertz CT molecular complexity index is 1180. The summed E-state index contributed by atoms with van der Waals surface area (Å²) in [4.78, 5) is 28.9. The highest BCUT2D eigenvalue weighted by Crippen LogP contribution is 2.66. The first kappa shape index (κ1) is 17.8.